The van der Waals surface area contributed by atoms with Gasteiger partial charge in [-0.2, -0.15) is 0 Å². The molecule has 3 rings (SSSR count). The number of rotatable bonds is 5. The van der Waals surface area contributed by atoms with Gasteiger partial charge in [0.2, 0.25) is 6.79 Å². The Morgan fingerprint density at radius 1 is 1.16 bits per heavy atom. The number of fused-ring (bicyclic) bond motifs is 1. The highest BCUT2D eigenvalue weighted by molar-refractivity contribution is 14.0. The lowest BCUT2D eigenvalue weighted by atomic mass is 10.1. The minimum atomic E-state index is 0. The summed E-state index contributed by atoms with van der Waals surface area (Å²) in [4.78, 5) is 9.25. The summed E-state index contributed by atoms with van der Waals surface area (Å²) in [7, 11) is 1.87. The van der Waals surface area contributed by atoms with E-state index in [-0.39, 0.29) is 24.0 Å². The Bertz CT molecular complexity index is 574. The molecule has 0 atom stereocenters. The molecule has 2 aliphatic heterocycles. The van der Waals surface area contributed by atoms with Crippen molar-refractivity contribution in [3.8, 4) is 11.5 Å². The van der Waals surface area contributed by atoms with Crippen LogP contribution < -0.4 is 14.8 Å². The molecule has 6 nitrogen and oxygen atoms in total. The second-order valence-electron chi connectivity index (χ2n) is 6.28. The van der Waals surface area contributed by atoms with Crippen LogP contribution in [0.4, 0.5) is 0 Å². The number of nitrogens with one attached hydrogen (secondary N) is 1. The second kappa shape index (κ2) is 10.1. The second-order valence-corrected chi connectivity index (χ2v) is 6.28. The summed E-state index contributed by atoms with van der Waals surface area (Å²) in [5, 5.41) is 3.46. The number of benzene rings is 1. The number of nitrogens with zero attached hydrogens (tertiary/aromatic N) is 3. The Balaban J connectivity index is 0.00000225. The van der Waals surface area contributed by atoms with Gasteiger partial charge in [-0.25, -0.2) is 0 Å². The van der Waals surface area contributed by atoms with Crippen LogP contribution in [0.5, 0.6) is 11.5 Å². The molecule has 0 amide bonds. The van der Waals surface area contributed by atoms with Gasteiger partial charge in [0.1, 0.15) is 0 Å². The van der Waals surface area contributed by atoms with Gasteiger partial charge in [-0.05, 0) is 24.1 Å². The van der Waals surface area contributed by atoms with Gasteiger partial charge in [0.05, 0.1) is 0 Å². The van der Waals surface area contributed by atoms with Gasteiger partial charge in [0.15, 0.2) is 17.5 Å². The molecule has 0 saturated carbocycles. The van der Waals surface area contributed by atoms with Crippen LogP contribution in [0.2, 0.25) is 0 Å². The highest BCUT2D eigenvalue weighted by atomic mass is 127. The van der Waals surface area contributed by atoms with Crippen molar-refractivity contribution in [1.29, 1.82) is 0 Å². The Morgan fingerprint density at radius 3 is 2.64 bits per heavy atom. The highest BCUT2D eigenvalue weighted by Crippen LogP contribution is 2.32. The van der Waals surface area contributed by atoms with Crippen LogP contribution in [0.3, 0.4) is 0 Å². The quantitative estimate of drug-likeness (QED) is 0.317. The van der Waals surface area contributed by atoms with E-state index in [0.717, 1.165) is 56.7 Å². The van der Waals surface area contributed by atoms with Gasteiger partial charge >= 0.3 is 0 Å². The molecule has 25 heavy (non-hydrogen) atoms. The predicted octanol–water partition coefficient (Wildman–Crippen LogP) is 2.53. The third-order valence-electron chi connectivity index (χ3n) is 4.54. The Morgan fingerprint density at radius 2 is 1.92 bits per heavy atom. The molecule has 7 heteroatoms. The zero-order valence-electron chi connectivity index (χ0n) is 15.2. The fourth-order valence-electron chi connectivity index (χ4n) is 3.12. The maximum Gasteiger partial charge on any atom is 0.231 e. The van der Waals surface area contributed by atoms with Crippen molar-refractivity contribution in [3.63, 3.8) is 0 Å². The zero-order chi connectivity index (χ0) is 16.8. The van der Waals surface area contributed by atoms with Crippen molar-refractivity contribution in [3.05, 3.63) is 23.8 Å². The molecule has 0 bridgehead atoms. The van der Waals surface area contributed by atoms with Gasteiger partial charge in [-0.3, -0.25) is 9.89 Å². The lowest BCUT2D eigenvalue weighted by Crippen LogP contribution is -2.52. The van der Waals surface area contributed by atoms with Crippen LogP contribution >= 0.6 is 24.0 Å². The normalized spacial score (nSPS) is 17.4. The van der Waals surface area contributed by atoms with Crippen molar-refractivity contribution in [2.75, 3.05) is 46.6 Å². The highest BCUT2D eigenvalue weighted by Gasteiger charge is 2.20. The largest absolute Gasteiger partial charge is 0.454 e. The molecule has 0 aromatic heterocycles. The molecule has 1 N–H and O–H groups in total. The monoisotopic (exact) mass is 460 g/mol. The molecule has 0 spiro atoms. The van der Waals surface area contributed by atoms with Crippen molar-refractivity contribution < 1.29 is 9.47 Å². The molecule has 1 saturated heterocycles. The summed E-state index contributed by atoms with van der Waals surface area (Å²) < 4.78 is 10.8. The lowest BCUT2D eigenvalue weighted by molar-refractivity contribution is 0.171. The van der Waals surface area contributed by atoms with E-state index >= 15 is 0 Å². The van der Waals surface area contributed by atoms with Crippen LogP contribution in [0.15, 0.2) is 23.2 Å². The summed E-state index contributed by atoms with van der Waals surface area (Å²) >= 11 is 0. The minimum absolute atomic E-state index is 0. The molecular formula is C18H29IN4O2. The molecule has 0 unspecified atom stereocenters. The predicted molar refractivity (Wildman–Crippen MR) is 111 cm³/mol. The van der Waals surface area contributed by atoms with E-state index in [1.807, 2.05) is 13.1 Å². The summed E-state index contributed by atoms with van der Waals surface area (Å²) in [5.41, 5.74) is 1.28. The number of aliphatic imine (C=N–C) groups is 1. The van der Waals surface area contributed by atoms with E-state index < -0.39 is 0 Å². The average Bonchev–Trinajstić information content (AvgIpc) is 3.07. The number of unbranched alkanes of at least 4 members (excludes halogenated alkanes) is 1. The Kier molecular flexibility index (Phi) is 8.08. The third-order valence-corrected chi connectivity index (χ3v) is 4.54. The zero-order valence-corrected chi connectivity index (χ0v) is 17.5. The maximum atomic E-state index is 5.47. The average molecular weight is 460 g/mol. The first-order valence-corrected chi connectivity index (χ1v) is 8.86. The van der Waals surface area contributed by atoms with Gasteiger partial charge in [0.25, 0.3) is 0 Å². The number of ether oxygens (including phenoxy) is 2. The van der Waals surface area contributed by atoms with E-state index in [0.29, 0.717) is 6.79 Å². The Labute approximate surface area is 167 Å². The molecular weight excluding hydrogens is 431 g/mol. The van der Waals surface area contributed by atoms with E-state index in [1.54, 1.807) is 0 Å². The first-order chi connectivity index (χ1) is 11.8. The minimum Gasteiger partial charge on any atom is -0.454 e. The molecule has 2 aliphatic rings. The summed E-state index contributed by atoms with van der Waals surface area (Å²) in [6.07, 6.45) is 2.39. The fourth-order valence-corrected chi connectivity index (χ4v) is 3.12. The standard InChI is InChI=1S/C18H28N4O2.HI/c1-3-4-7-20-18(19-2)22-10-8-21(9-11-22)13-15-5-6-16-17(12-15)24-14-23-16;/h5-6,12H,3-4,7-11,13-14H2,1-2H3,(H,19,20);1H. The number of piperazine rings is 1. The van der Waals surface area contributed by atoms with E-state index in [4.69, 9.17) is 9.47 Å². The molecule has 0 radical (unpaired) electrons. The maximum absolute atomic E-state index is 5.47. The van der Waals surface area contributed by atoms with E-state index in [9.17, 15) is 0 Å². The summed E-state index contributed by atoms with van der Waals surface area (Å²) in [6, 6.07) is 6.23. The lowest BCUT2D eigenvalue weighted by Gasteiger charge is -2.36. The SMILES string of the molecule is CCCCNC(=NC)N1CCN(Cc2ccc3c(c2)OCO3)CC1.I. The van der Waals surface area contributed by atoms with Gasteiger partial charge in [-0.1, -0.05) is 19.4 Å². The Hall–Kier alpha value is -1.22. The third kappa shape index (κ3) is 5.37. The van der Waals surface area contributed by atoms with Crippen molar-refractivity contribution in [2.45, 2.75) is 26.3 Å². The van der Waals surface area contributed by atoms with Crippen molar-refractivity contribution in [1.82, 2.24) is 15.1 Å². The topological polar surface area (TPSA) is 49.3 Å². The van der Waals surface area contributed by atoms with Crippen LogP contribution in [-0.4, -0.2) is 62.3 Å². The van der Waals surface area contributed by atoms with Gasteiger partial charge < -0.3 is 19.7 Å². The number of hydrogen-bond donors (Lipinski definition) is 1. The molecule has 1 fully saturated rings. The van der Waals surface area contributed by atoms with Crippen LogP contribution in [0, 0.1) is 0 Å². The first-order valence-electron chi connectivity index (χ1n) is 8.86. The summed E-state index contributed by atoms with van der Waals surface area (Å²) in [6.45, 7) is 8.60. The van der Waals surface area contributed by atoms with Crippen molar-refractivity contribution >= 4 is 29.9 Å². The van der Waals surface area contributed by atoms with Crippen molar-refractivity contribution in [2.24, 2.45) is 4.99 Å². The number of halogens is 1. The number of hydrogen-bond acceptors (Lipinski definition) is 4. The summed E-state index contributed by atoms with van der Waals surface area (Å²) in [5.74, 6) is 2.75. The van der Waals surface area contributed by atoms with Gasteiger partial charge in [0, 0.05) is 46.3 Å². The molecule has 0 aliphatic carbocycles. The first kappa shape index (κ1) is 20.1. The van der Waals surface area contributed by atoms with Crippen LogP contribution in [-0.2, 0) is 6.54 Å². The molecule has 1 aromatic carbocycles. The molecule has 140 valence electrons. The smallest absolute Gasteiger partial charge is 0.231 e. The fraction of sp³-hybridized carbons (Fsp3) is 0.611. The molecule has 1 aromatic rings. The number of guanidine groups is 1. The van der Waals surface area contributed by atoms with Gasteiger partial charge in [-0.15, -0.1) is 24.0 Å². The molecule has 2 heterocycles. The van der Waals surface area contributed by atoms with Crippen LogP contribution in [0.25, 0.3) is 0 Å². The van der Waals surface area contributed by atoms with E-state index in [2.05, 4.69) is 39.2 Å². The van der Waals surface area contributed by atoms with Crippen LogP contribution in [0.1, 0.15) is 25.3 Å². The van der Waals surface area contributed by atoms with E-state index in [1.165, 1.54) is 18.4 Å².